The highest BCUT2D eigenvalue weighted by molar-refractivity contribution is 7.90. The standard InChI is InChI=1S/C13H14O3S2/c1-18(15,16)12-6-2-4-10(8-12)13(14)9-11-5-3-7-17-11/h2-8,13-14H,9H2,1H3. The van der Waals surface area contributed by atoms with Gasteiger partial charge in [0.15, 0.2) is 9.84 Å². The third-order valence-electron chi connectivity index (χ3n) is 2.65. The molecule has 1 atom stereocenters. The molecular weight excluding hydrogens is 268 g/mol. The molecule has 0 bridgehead atoms. The van der Waals surface area contributed by atoms with Crippen molar-refractivity contribution < 1.29 is 13.5 Å². The van der Waals surface area contributed by atoms with Crippen LogP contribution < -0.4 is 0 Å². The molecule has 0 saturated carbocycles. The van der Waals surface area contributed by atoms with Crippen LogP contribution in [0.2, 0.25) is 0 Å². The Morgan fingerprint density at radius 2 is 2.06 bits per heavy atom. The van der Waals surface area contributed by atoms with Crippen LogP contribution in [0.25, 0.3) is 0 Å². The van der Waals surface area contributed by atoms with Gasteiger partial charge in [-0.05, 0) is 29.1 Å². The highest BCUT2D eigenvalue weighted by Gasteiger charge is 2.13. The Balaban J connectivity index is 2.23. The minimum Gasteiger partial charge on any atom is -0.388 e. The number of hydrogen-bond donors (Lipinski definition) is 1. The van der Waals surface area contributed by atoms with E-state index in [-0.39, 0.29) is 4.90 Å². The Morgan fingerprint density at radius 3 is 2.67 bits per heavy atom. The van der Waals surface area contributed by atoms with Gasteiger partial charge in [-0.3, -0.25) is 0 Å². The summed E-state index contributed by atoms with van der Waals surface area (Å²) in [5, 5.41) is 12.0. The maximum absolute atomic E-state index is 11.4. The van der Waals surface area contributed by atoms with E-state index >= 15 is 0 Å². The van der Waals surface area contributed by atoms with Crippen LogP contribution in [0, 0.1) is 0 Å². The maximum atomic E-state index is 11.4. The molecule has 1 aromatic heterocycles. The number of aliphatic hydroxyl groups is 1. The zero-order chi connectivity index (χ0) is 13.2. The first-order chi connectivity index (χ1) is 8.47. The summed E-state index contributed by atoms with van der Waals surface area (Å²) in [6.07, 6.45) is 0.994. The molecule has 0 fully saturated rings. The summed E-state index contributed by atoms with van der Waals surface area (Å²) in [6.45, 7) is 0. The second-order valence-electron chi connectivity index (χ2n) is 4.14. The number of hydrogen-bond acceptors (Lipinski definition) is 4. The fourth-order valence-corrected chi connectivity index (χ4v) is 3.11. The molecule has 1 aromatic carbocycles. The van der Waals surface area contributed by atoms with E-state index in [0.29, 0.717) is 12.0 Å². The summed E-state index contributed by atoms with van der Waals surface area (Å²) in [5.74, 6) is 0. The smallest absolute Gasteiger partial charge is 0.175 e. The van der Waals surface area contributed by atoms with E-state index in [9.17, 15) is 13.5 Å². The van der Waals surface area contributed by atoms with Crippen LogP contribution in [-0.4, -0.2) is 19.8 Å². The fraction of sp³-hybridized carbons (Fsp3) is 0.231. The van der Waals surface area contributed by atoms with Crippen LogP contribution in [0.3, 0.4) is 0 Å². The van der Waals surface area contributed by atoms with Crippen molar-refractivity contribution in [2.24, 2.45) is 0 Å². The van der Waals surface area contributed by atoms with Gasteiger partial charge < -0.3 is 5.11 Å². The first kappa shape index (κ1) is 13.3. The van der Waals surface area contributed by atoms with E-state index in [1.807, 2.05) is 17.5 Å². The summed E-state index contributed by atoms with van der Waals surface area (Å²) in [6, 6.07) is 10.4. The molecule has 1 heterocycles. The lowest BCUT2D eigenvalue weighted by Crippen LogP contribution is -2.03. The second-order valence-corrected chi connectivity index (χ2v) is 7.19. The minimum absolute atomic E-state index is 0.241. The van der Waals surface area contributed by atoms with Gasteiger partial charge in [-0.15, -0.1) is 11.3 Å². The summed E-state index contributed by atoms with van der Waals surface area (Å²) >= 11 is 1.58. The van der Waals surface area contributed by atoms with Gasteiger partial charge in [-0.1, -0.05) is 18.2 Å². The summed E-state index contributed by atoms with van der Waals surface area (Å²) in [4.78, 5) is 1.32. The Hall–Kier alpha value is -1.17. The van der Waals surface area contributed by atoms with Crippen LogP contribution in [0.4, 0.5) is 0 Å². The van der Waals surface area contributed by atoms with E-state index in [4.69, 9.17) is 0 Å². The number of rotatable bonds is 4. The number of aliphatic hydroxyl groups excluding tert-OH is 1. The molecule has 1 unspecified atom stereocenters. The van der Waals surface area contributed by atoms with Crippen molar-refractivity contribution in [2.45, 2.75) is 17.4 Å². The van der Waals surface area contributed by atoms with E-state index in [1.54, 1.807) is 23.5 Å². The van der Waals surface area contributed by atoms with E-state index in [0.717, 1.165) is 11.1 Å². The van der Waals surface area contributed by atoms with Gasteiger partial charge in [0.25, 0.3) is 0 Å². The quantitative estimate of drug-likeness (QED) is 0.937. The third kappa shape index (κ3) is 3.19. The molecule has 1 N–H and O–H groups in total. The van der Waals surface area contributed by atoms with Gasteiger partial charge in [-0.2, -0.15) is 0 Å². The topological polar surface area (TPSA) is 54.4 Å². The average Bonchev–Trinajstić information content (AvgIpc) is 2.81. The molecule has 2 aromatic rings. The van der Waals surface area contributed by atoms with Crippen molar-refractivity contribution in [3.05, 3.63) is 52.2 Å². The van der Waals surface area contributed by atoms with Crippen molar-refractivity contribution >= 4 is 21.2 Å². The summed E-state index contributed by atoms with van der Waals surface area (Å²) < 4.78 is 22.9. The Bertz CT molecular complexity index is 615. The molecule has 0 amide bonds. The lowest BCUT2D eigenvalue weighted by Gasteiger charge is -2.10. The van der Waals surface area contributed by atoms with Crippen molar-refractivity contribution in [1.82, 2.24) is 0 Å². The van der Waals surface area contributed by atoms with Crippen LogP contribution >= 0.6 is 11.3 Å². The van der Waals surface area contributed by atoms with Crippen LogP contribution in [0.5, 0.6) is 0 Å². The van der Waals surface area contributed by atoms with Crippen LogP contribution in [-0.2, 0) is 16.3 Å². The van der Waals surface area contributed by atoms with Crippen molar-refractivity contribution in [2.75, 3.05) is 6.26 Å². The molecule has 18 heavy (non-hydrogen) atoms. The highest BCUT2D eigenvalue weighted by atomic mass is 32.2. The largest absolute Gasteiger partial charge is 0.388 e. The lowest BCUT2D eigenvalue weighted by atomic mass is 10.1. The van der Waals surface area contributed by atoms with E-state index in [1.165, 1.54) is 12.1 Å². The molecule has 5 heteroatoms. The summed E-state index contributed by atoms with van der Waals surface area (Å²) in [7, 11) is -3.23. The molecule has 0 spiro atoms. The van der Waals surface area contributed by atoms with E-state index in [2.05, 4.69) is 0 Å². The summed E-state index contributed by atoms with van der Waals surface area (Å²) in [5.41, 5.74) is 0.631. The molecule has 0 saturated heterocycles. The van der Waals surface area contributed by atoms with E-state index < -0.39 is 15.9 Å². The van der Waals surface area contributed by atoms with Crippen molar-refractivity contribution in [3.8, 4) is 0 Å². The van der Waals surface area contributed by atoms with Crippen molar-refractivity contribution in [1.29, 1.82) is 0 Å². The predicted octanol–water partition coefficient (Wildman–Crippen LogP) is 2.43. The molecule has 0 aliphatic carbocycles. The molecule has 3 nitrogen and oxygen atoms in total. The fourth-order valence-electron chi connectivity index (χ4n) is 1.69. The number of benzene rings is 1. The predicted molar refractivity (Wildman–Crippen MR) is 72.5 cm³/mol. The van der Waals surface area contributed by atoms with Gasteiger partial charge in [0.1, 0.15) is 0 Å². The molecular formula is C13H14O3S2. The SMILES string of the molecule is CS(=O)(=O)c1cccc(C(O)Cc2cccs2)c1. The van der Waals surface area contributed by atoms with Gasteiger partial charge in [-0.25, -0.2) is 8.42 Å². The third-order valence-corrected chi connectivity index (χ3v) is 4.65. The maximum Gasteiger partial charge on any atom is 0.175 e. The molecule has 0 aliphatic rings. The van der Waals surface area contributed by atoms with Crippen LogP contribution in [0.1, 0.15) is 16.5 Å². The zero-order valence-corrected chi connectivity index (χ0v) is 11.5. The van der Waals surface area contributed by atoms with Crippen LogP contribution in [0.15, 0.2) is 46.7 Å². The highest BCUT2D eigenvalue weighted by Crippen LogP contribution is 2.23. The first-order valence-electron chi connectivity index (χ1n) is 5.47. The second kappa shape index (κ2) is 5.22. The average molecular weight is 282 g/mol. The van der Waals surface area contributed by atoms with Gasteiger partial charge in [0.05, 0.1) is 11.0 Å². The van der Waals surface area contributed by atoms with Gasteiger partial charge >= 0.3 is 0 Å². The monoisotopic (exact) mass is 282 g/mol. The van der Waals surface area contributed by atoms with Gasteiger partial charge in [0.2, 0.25) is 0 Å². The number of thiophene rings is 1. The molecule has 2 rings (SSSR count). The van der Waals surface area contributed by atoms with Gasteiger partial charge in [0, 0.05) is 17.6 Å². The Morgan fingerprint density at radius 1 is 1.28 bits per heavy atom. The Kier molecular flexibility index (Phi) is 3.85. The zero-order valence-electron chi connectivity index (χ0n) is 9.91. The Labute approximate surface area is 111 Å². The first-order valence-corrected chi connectivity index (χ1v) is 8.24. The lowest BCUT2D eigenvalue weighted by molar-refractivity contribution is 0.179. The number of sulfone groups is 1. The molecule has 0 aliphatic heterocycles. The molecule has 96 valence electrons. The van der Waals surface area contributed by atoms with Crippen molar-refractivity contribution in [3.63, 3.8) is 0 Å². The normalized spacial score (nSPS) is 13.4. The molecule has 0 radical (unpaired) electrons. The minimum atomic E-state index is -3.23.